The molecule has 0 fully saturated rings. The summed E-state index contributed by atoms with van der Waals surface area (Å²) in [6.45, 7) is 5.46. The molecule has 0 bridgehead atoms. The van der Waals surface area contributed by atoms with Crippen molar-refractivity contribution < 1.29 is 9.90 Å². The second kappa shape index (κ2) is 6.22. The first kappa shape index (κ1) is 15.7. The van der Waals surface area contributed by atoms with Crippen LogP contribution < -0.4 is 0 Å². The maximum Gasteiger partial charge on any atom is 0.246 e. The third-order valence-electron chi connectivity index (χ3n) is 2.64. The predicted molar refractivity (Wildman–Crippen MR) is 79.0 cm³/mol. The van der Waals surface area contributed by atoms with Crippen LogP contribution in [0.1, 0.15) is 26.3 Å². The van der Waals surface area contributed by atoms with Crippen molar-refractivity contribution >= 4 is 23.1 Å². The van der Waals surface area contributed by atoms with Crippen molar-refractivity contribution in [3.8, 4) is 0 Å². The quantitative estimate of drug-likeness (QED) is 0.862. The molecule has 0 aromatic heterocycles. The molecule has 0 atom stereocenters. The van der Waals surface area contributed by atoms with Gasteiger partial charge in [0.1, 0.15) is 0 Å². The van der Waals surface area contributed by atoms with Gasteiger partial charge in [0.05, 0.1) is 5.60 Å². The van der Waals surface area contributed by atoms with Crippen LogP contribution in [-0.4, -0.2) is 35.1 Å². The summed E-state index contributed by atoms with van der Waals surface area (Å²) in [5, 5.41) is 10.3. The molecule has 0 saturated heterocycles. The van der Waals surface area contributed by atoms with Crippen molar-refractivity contribution in [1.29, 1.82) is 0 Å². The first-order valence-corrected chi connectivity index (χ1v) is 6.49. The SMILES string of the molecule is CC(=CC(=O)N(C)CC(C)(C)O)c1ccccc1Cl. The summed E-state index contributed by atoms with van der Waals surface area (Å²) < 4.78 is 0. The molecule has 0 aliphatic heterocycles. The van der Waals surface area contributed by atoms with E-state index in [1.807, 2.05) is 25.1 Å². The lowest BCUT2D eigenvalue weighted by molar-refractivity contribution is -0.127. The molecular formula is C15H20ClNO2. The number of hydrogen-bond acceptors (Lipinski definition) is 2. The summed E-state index contributed by atoms with van der Waals surface area (Å²) in [4.78, 5) is 13.5. The highest BCUT2D eigenvalue weighted by atomic mass is 35.5. The van der Waals surface area contributed by atoms with E-state index in [9.17, 15) is 9.90 Å². The van der Waals surface area contributed by atoms with Crippen LogP contribution >= 0.6 is 11.6 Å². The Balaban J connectivity index is 2.85. The fourth-order valence-corrected chi connectivity index (χ4v) is 2.10. The van der Waals surface area contributed by atoms with Crippen LogP contribution in [0, 0.1) is 0 Å². The molecule has 0 aliphatic rings. The van der Waals surface area contributed by atoms with Gasteiger partial charge < -0.3 is 10.0 Å². The highest BCUT2D eigenvalue weighted by Crippen LogP contribution is 2.23. The molecule has 0 unspecified atom stereocenters. The summed E-state index contributed by atoms with van der Waals surface area (Å²) in [5.74, 6) is -0.153. The normalized spacial score (nSPS) is 12.4. The van der Waals surface area contributed by atoms with Crippen LogP contribution in [0.3, 0.4) is 0 Å². The molecule has 0 heterocycles. The summed E-state index contributed by atoms with van der Waals surface area (Å²) in [6, 6.07) is 7.39. The van der Waals surface area contributed by atoms with Gasteiger partial charge in [-0.15, -0.1) is 0 Å². The van der Waals surface area contributed by atoms with Crippen LogP contribution in [0.15, 0.2) is 30.3 Å². The van der Waals surface area contributed by atoms with E-state index in [1.165, 1.54) is 11.0 Å². The molecule has 1 aromatic rings. The maximum atomic E-state index is 12.0. The lowest BCUT2D eigenvalue weighted by Gasteiger charge is -2.24. The molecule has 104 valence electrons. The highest BCUT2D eigenvalue weighted by Gasteiger charge is 2.18. The fourth-order valence-electron chi connectivity index (χ4n) is 1.81. The van der Waals surface area contributed by atoms with E-state index in [4.69, 9.17) is 11.6 Å². The molecule has 1 amide bonds. The minimum absolute atomic E-state index is 0.153. The monoisotopic (exact) mass is 281 g/mol. The molecule has 1 aromatic carbocycles. The Bertz CT molecular complexity index is 489. The number of likely N-dealkylation sites (N-methyl/N-ethyl adjacent to an activating group) is 1. The Morgan fingerprint density at radius 3 is 2.53 bits per heavy atom. The Morgan fingerprint density at radius 1 is 1.42 bits per heavy atom. The second-order valence-corrected chi connectivity index (χ2v) is 5.72. The maximum absolute atomic E-state index is 12.0. The van der Waals surface area contributed by atoms with Gasteiger partial charge in [-0.2, -0.15) is 0 Å². The van der Waals surface area contributed by atoms with E-state index < -0.39 is 5.60 Å². The Labute approximate surface area is 119 Å². The van der Waals surface area contributed by atoms with Crippen molar-refractivity contribution in [2.24, 2.45) is 0 Å². The van der Waals surface area contributed by atoms with Gasteiger partial charge in [-0.1, -0.05) is 29.8 Å². The van der Waals surface area contributed by atoms with Gasteiger partial charge in [0.15, 0.2) is 0 Å². The van der Waals surface area contributed by atoms with Crippen LogP contribution in [-0.2, 0) is 4.79 Å². The number of rotatable bonds is 4. The van der Waals surface area contributed by atoms with E-state index in [1.54, 1.807) is 27.0 Å². The summed E-state index contributed by atoms with van der Waals surface area (Å²) in [5.41, 5.74) is 0.740. The number of halogens is 1. The van der Waals surface area contributed by atoms with E-state index in [0.29, 0.717) is 5.02 Å². The molecular weight excluding hydrogens is 262 g/mol. The Morgan fingerprint density at radius 2 is 2.00 bits per heavy atom. The standard InChI is InChI=1S/C15H20ClNO2/c1-11(12-7-5-6-8-13(12)16)9-14(18)17(4)10-15(2,3)19/h5-9,19H,10H2,1-4H3. The van der Waals surface area contributed by atoms with Crippen LogP contribution in [0.25, 0.3) is 5.57 Å². The molecule has 0 radical (unpaired) electrons. The highest BCUT2D eigenvalue weighted by molar-refractivity contribution is 6.32. The molecule has 0 saturated carbocycles. The smallest absolute Gasteiger partial charge is 0.246 e. The van der Waals surface area contributed by atoms with Crippen molar-refractivity contribution in [3.05, 3.63) is 40.9 Å². The second-order valence-electron chi connectivity index (χ2n) is 5.31. The Kier molecular flexibility index (Phi) is 5.15. The zero-order chi connectivity index (χ0) is 14.6. The minimum atomic E-state index is -0.906. The van der Waals surface area contributed by atoms with E-state index in [2.05, 4.69) is 0 Å². The average molecular weight is 282 g/mol. The molecule has 0 aliphatic carbocycles. The van der Waals surface area contributed by atoms with Gasteiger partial charge in [-0.25, -0.2) is 0 Å². The first-order valence-electron chi connectivity index (χ1n) is 6.11. The van der Waals surface area contributed by atoms with Gasteiger partial charge in [-0.05, 0) is 38.0 Å². The van der Waals surface area contributed by atoms with Gasteiger partial charge in [-0.3, -0.25) is 4.79 Å². The average Bonchev–Trinajstić information content (AvgIpc) is 2.27. The van der Waals surface area contributed by atoms with Crippen LogP contribution in [0.4, 0.5) is 0 Å². The number of carbonyl (C=O) groups excluding carboxylic acids is 1. The van der Waals surface area contributed by atoms with Crippen molar-refractivity contribution in [2.45, 2.75) is 26.4 Å². The third kappa shape index (κ3) is 5.05. The first-order chi connectivity index (χ1) is 8.70. The van der Waals surface area contributed by atoms with Gasteiger partial charge in [0.2, 0.25) is 5.91 Å². The zero-order valence-electron chi connectivity index (χ0n) is 11.8. The molecule has 3 nitrogen and oxygen atoms in total. The summed E-state index contributed by atoms with van der Waals surface area (Å²) >= 11 is 6.08. The number of aliphatic hydroxyl groups is 1. The zero-order valence-corrected chi connectivity index (χ0v) is 12.5. The van der Waals surface area contributed by atoms with Crippen LogP contribution in [0.5, 0.6) is 0 Å². The number of amides is 1. The molecule has 19 heavy (non-hydrogen) atoms. The minimum Gasteiger partial charge on any atom is -0.389 e. The lowest BCUT2D eigenvalue weighted by Crippen LogP contribution is -2.39. The van der Waals surface area contributed by atoms with Gasteiger partial charge in [0, 0.05) is 24.7 Å². The Hall–Kier alpha value is -1.32. The molecule has 1 N–H and O–H groups in total. The van der Waals surface area contributed by atoms with Crippen molar-refractivity contribution in [3.63, 3.8) is 0 Å². The molecule has 4 heteroatoms. The number of hydrogen-bond donors (Lipinski definition) is 1. The van der Waals surface area contributed by atoms with Crippen molar-refractivity contribution in [1.82, 2.24) is 4.90 Å². The van der Waals surface area contributed by atoms with Gasteiger partial charge in [0.25, 0.3) is 0 Å². The number of benzene rings is 1. The van der Waals surface area contributed by atoms with Crippen LogP contribution in [0.2, 0.25) is 5.02 Å². The van der Waals surface area contributed by atoms with Crippen molar-refractivity contribution in [2.75, 3.05) is 13.6 Å². The van der Waals surface area contributed by atoms with E-state index in [-0.39, 0.29) is 12.5 Å². The number of nitrogens with zero attached hydrogens (tertiary/aromatic N) is 1. The summed E-state index contributed by atoms with van der Waals surface area (Å²) in [7, 11) is 1.66. The topological polar surface area (TPSA) is 40.5 Å². The summed E-state index contributed by atoms with van der Waals surface area (Å²) in [6.07, 6.45) is 1.53. The number of carbonyl (C=O) groups is 1. The fraction of sp³-hybridized carbons (Fsp3) is 0.400. The predicted octanol–water partition coefficient (Wildman–Crippen LogP) is 2.97. The lowest BCUT2D eigenvalue weighted by atomic mass is 10.1. The number of allylic oxidation sites excluding steroid dienone is 1. The molecule has 1 rings (SSSR count). The van der Waals surface area contributed by atoms with Gasteiger partial charge >= 0.3 is 0 Å². The van der Waals surface area contributed by atoms with E-state index >= 15 is 0 Å². The third-order valence-corrected chi connectivity index (χ3v) is 2.97. The largest absolute Gasteiger partial charge is 0.389 e. The molecule has 0 spiro atoms. The van der Waals surface area contributed by atoms with E-state index in [0.717, 1.165) is 11.1 Å².